The van der Waals surface area contributed by atoms with Gasteiger partial charge in [-0.25, -0.2) is 0 Å². The van der Waals surface area contributed by atoms with Crippen molar-refractivity contribution >= 4 is 8.07 Å². The first-order valence-electron chi connectivity index (χ1n) is 6.30. The first kappa shape index (κ1) is 14.2. The van der Waals surface area contributed by atoms with Crippen LogP contribution in [0, 0.1) is 5.92 Å². The third kappa shape index (κ3) is 5.33. The Bertz CT molecular complexity index is 351. The molecule has 17 heavy (non-hydrogen) atoms. The largest absolute Gasteiger partial charge is 0.388 e. The number of rotatable bonds is 5. The van der Waals surface area contributed by atoms with Crippen LogP contribution in [0.4, 0.5) is 0 Å². The number of aliphatic hydroxyl groups excluding tert-OH is 1. The van der Waals surface area contributed by atoms with E-state index in [2.05, 4.69) is 38.7 Å². The summed E-state index contributed by atoms with van der Waals surface area (Å²) in [6.07, 6.45) is 3.99. The highest BCUT2D eigenvalue weighted by atomic mass is 28.3. The summed E-state index contributed by atoms with van der Waals surface area (Å²) >= 11 is 0. The van der Waals surface area contributed by atoms with Crippen molar-refractivity contribution in [2.45, 2.75) is 38.7 Å². The number of hydrogen-bond acceptors (Lipinski definition) is 1. The molecule has 0 amide bonds. The van der Waals surface area contributed by atoms with Crippen molar-refractivity contribution in [3.05, 3.63) is 48.0 Å². The molecule has 1 rings (SSSR count). The van der Waals surface area contributed by atoms with Gasteiger partial charge in [-0.05, 0) is 11.6 Å². The van der Waals surface area contributed by atoms with Crippen LogP contribution in [0.25, 0.3) is 0 Å². The molecular formula is C15H24OSi. The number of aliphatic hydroxyl groups is 1. The van der Waals surface area contributed by atoms with Gasteiger partial charge in [0, 0.05) is 14.0 Å². The van der Waals surface area contributed by atoms with E-state index in [1.807, 2.05) is 30.3 Å². The van der Waals surface area contributed by atoms with Crippen LogP contribution in [0.1, 0.15) is 18.6 Å². The Morgan fingerprint density at radius 1 is 1.18 bits per heavy atom. The van der Waals surface area contributed by atoms with Crippen LogP contribution < -0.4 is 0 Å². The first-order chi connectivity index (χ1) is 7.90. The van der Waals surface area contributed by atoms with Crippen LogP contribution in [-0.4, -0.2) is 13.2 Å². The second-order valence-corrected chi connectivity index (χ2v) is 11.4. The van der Waals surface area contributed by atoms with E-state index in [0.717, 1.165) is 5.56 Å². The molecule has 0 unspecified atom stereocenters. The van der Waals surface area contributed by atoms with E-state index in [4.69, 9.17) is 0 Å². The predicted octanol–water partition coefficient (Wildman–Crippen LogP) is 4.25. The van der Waals surface area contributed by atoms with Crippen molar-refractivity contribution in [1.82, 2.24) is 0 Å². The van der Waals surface area contributed by atoms with E-state index in [1.165, 1.54) is 6.04 Å². The average Bonchev–Trinajstić information content (AvgIpc) is 2.27. The molecule has 0 aliphatic heterocycles. The summed E-state index contributed by atoms with van der Waals surface area (Å²) in [5.74, 6) is 0.175. The lowest BCUT2D eigenvalue weighted by atomic mass is 9.97. The zero-order valence-electron chi connectivity index (χ0n) is 11.4. The zero-order chi connectivity index (χ0) is 12.9. The monoisotopic (exact) mass is 248 g/mol. The maximum atomic E-state index is 10.2. The molecule has 0 saturated carbocycles. The fraction of sp³-hybridized carbons (Fsp3) is 0.467. The molecule has 0 fully saturated rings. The van der Waals surface area contributed by atoms with Crippen molar-refractivity contribution in [3.8, 4) is 0 Å². The predicted molar refractivity (Wildman–Crippen MR) is 77.9 cm³/mol. The maximum absolute atomic E-state index is 10.2. The van der Waals surface area contributed by atoms with Crippen LogP contribution in [0.3, 0.4) is 0 Å². The van der Waals surface area contributed by atoms with Crippen LogP contribution in [-0.2, 0) is 0 Å². The molecule has 0 heterocycles. The molecule has 0 radical (unpaired) electrons. The van der Waals surface area contributed by atoms with Gasteiger partial charge in [0.1, 0.15) is 0 Å². The van der Waals surface area contributed by atoms with Gasteiger partial charge >= 0.3 is 0 Å². The van der Waals surface area contributed by atoms with Gasteiger partial charge in [0.05, 0.1) is 6.10 Å². The molecule has 0 bridgehead atoms. The summed E-state index contributed by atoms with van der Waals surface area (Å²) in [7, 11) is -1.01. The Hall–Kier alpha value is -0.863. The Morgan fingerprint density at radius 2 is 1.76 bits per heavy atom. The first-order valence-corrected chi connectivity index (χ1v) is 10.0. The number of hydrogen-bond donors (Lipinski definition) is 1. The smallest absolute Gasteiger partial charge is 0.0849 e. The van der Waals surface area contributed by atoms with Crippen molar-refractivity contribution in [3.63, 3.8) is 0 Å². The van der Waals surface area contributed by atoms with Gasteiger partial charge in [0.25, 0.3) is 0 Å². The standard InChI is InChI=1S/C15H24OSi/c1-13(9-8-12-17(2,3)4)15(16)14-10-6-5-7-11-14/h5-11,13,15-16H,12H2,1-4H3/b9-8+/t13-,15+/m1/s1. The molecule has 0 saturated heterocycles. The Morgan fingerprint density at radius 3 is 2.29 bits per heavy atom. The lowest BCUT2D eigenvalue weighted by Crippen LogP contribution is -2.17. The van der Waals surface area contributed by atoms with Crippen molar-refractivity contribution in [2.24, 2.45) is 5.92 Å². The highest BCUT2D eigenvalue weighted by Gasteiger charge is 2.14. The van der Waals surface area contributed by atoms with Gasteiger partial charge in [0.2, 0.25) is 0 Å². The third-order valence-electron chi connectivity index (χ3n) is 2.81. The second-order valence-electron chi connectivity index (χ2n) is 5.91. The summed E-state index contributed by atoms with van der Waals surface area (Å²) in [6.45, 7) is 9.14. The summed E-state index contributed by atoms with van der Waals surface area (Å²) in [4.78, 5) is 0. The minimum atomic E-state index is -1.01. The molecule has 0 aliphatic carbocycles. The quantitative estimate of drug-likeness (QED) is 0.610. The molecule has 0 aliphatic rings. The molecule has 0 spiro atoms. The third-order valence-corrected chi connectivity index (χ3v) is 4.27. The second kappa shape index (κ2) is 6.17. The van der Waals surface area contributed by atoms with Gasteiger partial charge in [-0.3, -0.25) is 0 Å². The van der Waals surface area contributed by atoms with E-state index in [1.54, 1.807) is 0 Å². The minimum absolute atomic E-state index is 0.175. The number of allylic oxidation sites excluding steroid dienone is 1. The lowest BCUT2D eigenvalue weighted by molar-refractivity contribution is 0.139. The van der Waals surface area contributed by atoms with Crippen molar-refractivity contribution < 1.29 is 5.11 Å². The normalized spacial score (nSPS) is 16.1. The average molecular weight is 248 g/mol. The van der Waals surface area contributed by atoms with Gasteiger partial charge < -0.3 is 5.11 Å². The number of benzene rings is 1. The van der Waals surface area contributed by atoms with E-state index < -0.39 is 14.2 Å². The van der Waals surface area contributed by atoms with Crippen LogP contribution >= 0.6 is 0 Å². The van der Waals surface area contributed by atoms with Crippen LogP contribution in [0.15, 0.2) is 42.5 Å². The highest BCUT2D eigenvalue weighted by molar-refractivity contribution is 6.76. The van der Waals surface area contributed by atoms with E-state index >= 15 is 0 Å². The van der Waals surface area contributed by atoms with E-state index in [9.17, 15) is 5.11 Å². The molecule has 1 aromatic carbocycles. The fourth-order valence-electron chi connectivity index (χ4n) is 1.70. The van der Waals surface area contributed by atoms with Gasteiger partial charge in [-0.15, -0.1) is 0 Å². The van der Waals surface area contributed by atoms with E-state index in [0.29, 0.717) is 0 Å². The van der Waals surface area contributed by atoms with Crippen LogP contribution in [0.2, 0.25) is 25.7 Å². The summed E-state index contributed by atoms with van der Waals surface area (Å²) in [5.41, 5.74) is 0.998. The molecule has 1 aromatic rings. The lowest BCUT2D eigenvalue weighted by Gasteiger charge is -2.17. The topological polar surface area (TPSA) is 20.2 Å². The fourth-order valence-corrected chi connectivity index (χ4v) is 2.54. The van der Waals surface area contributed by atoms with Crippen LogP contribution in [0.5, 0.6) is 0 Å². The molecular weight excluding hydrogens is 224 g/mol. The molecule has 1 N–H and O–H groups in total. The van der Waals surface area contributed by atoms with E-state index in [-0.39, 0.29) is 5.92 Å². The van der Waals surface area contributed by atoms with Crippen molar-refractivity contribution in [2.75, 3.05) is 0 Å². The Labute approximate surface area is 106 Å². The van der Waals surface area contributed by atoms with Gasteiger partial charge in [0.15, 0.2) is 0 Å². The molecule has 2 heteroatoms. The summed E-state index contributed by atoms with van der Waals surface area (Å²) < 4.78 is 0. The maximum Gasteiger partial charge on any atom is 0.0849 e. The SMILES string of the molecule is C[C@H](/C=C/C[Si](C)(C)C)[C@H](O)c1ccccc1. The molecule has 0 aromatic heterocycles. The van der Waals surface area contributed by atoms with Gasteiger partial charge in [-0.2, -0.15) is 0 Å². The minimum Gasteiger partial charge on any atom is -0.388 e. The zero-order valence-corrected chi connectivity index (χ0v) is 12.4. The van der Waals surface area contributed by atoms with Crippen molar-refractivity contribution in [1.29, 1.82) is 0 Å². The Balaban J connectivity index is 2.56. The highest BCUT2D eigenvalue weighted by Crippen LogP contribution is 2.23. The Kier molecular flexibility index (Phi) is 5.16. The summed E-state index contributed by atoms with van der Waals surface area (Å²) in [6, 6.07) is 11.1. The molecule has 94 valence electrons. The molecule has 1 nitrogen and oxygen atoms in total. The van der Waals surface area contributed by atoms with Gasteiger partial charge in [-0.1, -0.05) is 69.0 Å². The summed E-state index contributed by atoms with van der Waals surface area (Å²) in [5, 5.41) is 10.2. The molecule has 2 atom stereocenters.